The molecule has 10 heteroatoms. The quantitative estimate of drug-likeness (QED) is 0.317. The minimum Gasteiger partial charge on any atom is -0.352 e. The van der Waals surface area contributed by atoms with E-state index in [0.717, 1.165) is 43.5 Å². The molecule has 5 rings (SSSR count). The largest absolute Gasteiger partial charge is 0.352 e. The molecule has 3 heterocycles. The lowest BCUT2D eigenvalue weighted by Gasteiger charge is -2.24. The Bertz CT molecular complexity index is 1420. The number of aryl methyl sites for hydroxylation is 2. The highest BCUT2D eigenvalue weighted by atomic mass is 32.2. The summed E-state index contributed by atoms with van der Waals surface area (Å²) in [7, 11) is -3.98. The Balaban J connectivity index is 1.65. The van der Waals surface area contributed by atoms with Crippen molar-refractivity contribution in [3.8, 4) is 0 Å². The first kappa shape index (κ1) is 19.2. The lowest BCUT2D eigenvalue weighted by molar-refractivity contribution is 0.481. The van der Waals surface area contributed by atoms with Gasteiger partial charge in [-0.3, -0.25) is 19.5 Å². The van der Waals surface area contributed by atoms with Crippen LogP contribution in [0.25, 0.3) is 22.1 Å². The molecule has 0 spiro atoms. The average molecular weight is 440 g/mol. The number of rotatable bonds is 4. The molecule has 0 bridgehead atoms. The van der Waals surface area contributed by atoms with Gasteiger partial charge in [-0.05, 0) is 31.4 Å². The summed E-state index contributed by atoms with van der Waals surface area (Å²) in [5.74, 6) is -0.265. The number of nitrogens with one attached hydrogen (secondary N) is 1. The van der Waals surface area contributed by atoms with E-state index in [0.29, 0.717) is 23.9 Å². The van der Waals surface area contributed by atoms with Crippen molar-refractivity contribution in [3.63, 3.8) is 0 Å². The smallest absolute Gasteiger partial charge is 0.264 e. The van der Waals surface area contributed by atoms with E-state index in [-0.39, 0.29) is 5.75 Å². The van der Waals surface area contributed by atoms with Crippen molar-refractivity contribution in [2.24, 2.45) is 0 Å². The monoisotopic (exact) mass is 439 g/mol. The molecule has 152 valence electrons. The molecule has 0 atom stereocenters. The van der Waals surface area contributed by atoms with Gasteiger partial charge >= 0.3 is 0 Å². The first-order valence-corrected chi connectivity index (χ1v) is 11.8. The molecular formula is C20H17N5O3S2. The van der Waals surface area contributed by atoms with Crippen LogP contribution in [0.15, 0.2) is 46.6 Å². The first-order chi connectivity index (χ1) is 14.4. The SMILES string of the molecule is Cc1cnc2c3c(c4nccnc4c2n1)Sc1c(CCCS(=O)(=O)O)cccc1N3. The topological polar surface area (TPSA) is 118 Å². The van der Waals surface area contributed by atoms with Gasteiger partial charge in [-0.15, -0.1) is 0 Å². The van der Waals surface area contributed by atoms with Crippen LogP contribution in [-0.2, 0) is 16.5 Å². The van der Waals surface area contributed by atoms with Crippen molar-refractivity contribution in [2.45, 2.75) is 29.6 Å². The summed E-state index contributed by atoms with van der Waals surface area (Å²) in [6, 6.07) is 5.88. The van der Waals surface area contributed by atoms with Gasteiger partial charge in [0.15, 0.2) is 0 Å². The van der Waals surface area contributed by atoms with E-state index in [1.807, 2.05) is 25.1 Å². The maximum atomic E-state index is 11.1. The molecule has 1 aliphatic rings. The third kappa shape index (κ3) is 3.36. The summed E-state index contributed by atoms with van der Waals surface area (Å²) < 4.78 is 31.2. The highest BCUT2D eigenvalue weighted by molar-refractivity contribution is 8.00. The predicted molar refractivity (Wildman–Crippen MR) is 116 cm³/mol. The second-order valence-electron chi connectivity index (χ2n) is 7.08. The third-order valence-corrected chi connectivity index (χ3v) is 7.00. The molecule has 0 saturated carbocycles. The van der Waals surface area contributed by atoms with E-state index in [2.05, 4.69) is 25.3 Å². The van der Waals surface area contributed by atoms with Crippen LogP contribution >= 0.6 is 11.8 Å². The summed E-state index contributed by atoms with van der Waals surface area (Å²) in [4.78, 5) is 20.3. The minimum atomic E-state index is -3.98. The first-order valence-electron chi connectivity index (χ1n) is 9.33. The van der Waals surface area contributed by atoms with E-state index < -0.39 is 10.1 Å². The zero-order valence-corrected chi connectivity index (χ0v) is 17.6. The van der Waals surface area contributed by atoms with Crippen molar-refractivity contribution in [3.05, 3.63) is 48.0 Å². The van der Waals surface area contributed by atoms with Crippen LogP contribution in [0.5, 0.6) is 0 Å². The molecule has 2 N–H and O–H groups in total. The Labute approximate surface area is 176 Å². The molecule has 0 aliphatic carbocycles. The average Bonchev–Trinajstić information content (AvgIpc) is 2.72. The number of fused-ring (bicyclic) bond motifs is 7. The molecule has 2 aromatic carbocycles. The third-order valence-electron chi connectivity index (χ3n) is 4.90. The molecule has 8 nitrogen and oxygen atoms in total. The van der Waals surface area contributed by atoms with Gasteiger partial charge in [-0.2, -0.15) is 8.42 Å². The Morgan fingerprint density at radius 3 is 2.63 bits per heavy atom. The van der Waals surface area contributed by atoms with Gasteiger partial charge in [-0.25, -0.2) is 4.98 Å². The fourth-order valence-corrected chi connectivity index (χ4v) is 5.37. The van der Waals surface area contributed by atoms with E-state index in [9.17, 15) is 8.42 Å². The van der Waals surface area contributed by atoms with Gasteiger partial charge in [0.05, 0.1) is 27.7 Å². The van der Waals surface area contributed by atoms with Crippen molar-refractivity contribution >= 4 is 55.3 Å². The second kappa shape index (κ2) is 7.15. The van der Waals surface area contributed by atoms with E-state index >= 15 is 0 Å². The van der Waals surface area contributed by atoms with Crippen LogP contribution in [0, 0.1) is 6.92 Å². The minimum absolute atomic E-state index is 0.265. The van der Waals surface area contributed by atoms with Crippen molar-refractivity contribution in [1.29, 1.82) is 0 Å². The highest BCUT2D eigenvalue weighted by Gasteiger charge is 2.26. The van der Waals surface area contributed by atoms with Crippen LogP contribution in [0.4, 0.5) is 11.4 Å². The molecular weight excluding hydrogens is 422 g/mol. The van der Waals surface area contributed by atoms with Gasteiger partial charge in [0.2, 0.25) is 0 Å². The molecule has 30 heavy (non-hydrogen) atoms. The highest BCUT2D eigenvalue weighted by Crippen LogP contribution is 2.50. The van der Waals surface area contributed by atoms with Crippen LogP contribution in [0.3, 0.4) is 0 Å². The number of benzene rings is 2. The summed E-state index contributed by atoms with van der Waals surface area (Å²) in [5.41, 5.74) is 6.46. The predicted octanol–water partition coefficient (Wildman–Crippen LogP) is 3.91. The summed E-state index contributed by atoms with van der Waals surface area (Å²) >= 11 is 1.57. The zero-order valence-electron chi connectivity index (χ0n) is 16.0. The molecule has 4 aromatic rings. The van der Waals surface area contributed by atoms with Crippen molar-refractivity contribution in [1.82, 2.24) is 19.9 Å². The van der Waals surface area contributed by atoms with Crippen LogP contribution < -0.4 is 5.32 Å². The van der Waals surface area contributed by atoms with Crippen LogP contribution in [0.2, 0.25) is 0 Å². The molecule has 0 saturated heterocycles. The van der Waals surface area contributed by atoms with Gasteiger partial charge in [-0.1, -0.05) is 23.9 Å². The molecule has 0 unspecified atom stereocenters. The fourth-order valence-electron chi connectivity index (χ4n) is 3.63. The standard InChI is InChI=1S/C20H17N5O3S2/c1-11-10-23-15-16(24-11)14-17(22-8-7-21-14)20-18(15)25-13-6-2-4-12(19(13)29-20)5-3-9-30(26,27)28/h2,4,6-8,10,25H,3,5,9H2,1H3,(H,26,27,28). The Hall–Kier alpha value is -2.82. The fraction of sp³-hybridized carbons (Fsp3) is 0.200. The zero-order chi connectivity index (χ0) is 20.9. The molecule has 0 radical (unpaired) electrons. The van der Waals surface area contributed by atoms with Crippen LogP contribution in [-0.4, -0.2) is 38.7 Å². The van der Waals surface area contributed by atoms with Crippen LogP contribution in [0.1, 0.15) is 17.7 Å². The lowest BCUT2D eigenvalue weighted by Crippen LogP contribution is -2.08. The lowest BCUT2D eigenvalue weighted by atomic mass is 10.1. The molecule has 2 aromatic heterocycles. The molecule has 0 fully saturated rings. The summed E-state index contributed by atoms with van der Waals surface area (Å²) in [6.45, 7) is 1.89. The van der Waals surface area contributed by atoms with Gasteiger partial charge in [0.1, 0.15) is 22.1 Å². The number of anilines is 2. The second-order valence-corrected chi connectivity index (χ2v) is 9.67. The Morgan fingerprint density at radius 2 is 1.83 bits per heavy atom. The van der Waals surface area contributed by atoms with Gasteiger partial charge in [0.25, 0.3) is 10.1 Å². The number of nitrogens with zero attached hydrogens (tertiary/aromatic N) is 4. The van der Waals surface area contributed by atoms with Crippen molar-refractivity contribution < 1.29 is 13.0 Å². The van der Waals surface area contributed by atoms with E-state index in [4.69, 9.17) is 4.55 Å². The molecule has 1 aliphatic heterocycles. The number of hydrogen-bond donors (Lipinski definition) is 2. The Kier molecular flexibility index (Phi) is 4.57. The van der Waals surface area contributed by atoms with Gasteiger partial charge < -0.3 is 5.32 Å². The summed E-state index contributed by atoms with van der Waals surface area (Å²) in [5, 5.41) is 3.48. The molecule has 0 amide bonds. The summed E-state index contributed by atoms with van der Waals surface area (Å²) in [6.07, 6.45) is 5.91. The van der Waals surface area contributed by atoms with E-state index in [1.165, 1.54) is 0 Å². The van der Waals surface area contributed by atoms with Gasteiger partial charge in [0, 0.05) is 23.5 Å². The maximum Gasteiger partial charge on any atom is 0.264 e. The number of hydrogen-bond acceptors (Lipinski definition) is 8. The number of aromatic nitrogens is 4. The van der Waals surface area contributed by atoms with E-state index in [1.54, 1.807) is 30.4 Å². The normalized spacial score (nSPS) is 13.1. The Morgan fingerprint density at radius 1 is 1.03 bits per heavy atom. The maximum absolute atomic E-state index is 11.1. The van der Waals surface area contributed by atoms with Crippen molar-refractivity contribution in [2.75, 3.05) is 11.1 Å².